The van der Waals surface area contributed by atoms with E-state index in [1.165, 1.54) is 25.7 Å². The van der Waals surface area contributed by atoms with E-state index in [1.54, 1.807) is 0 Å². The van der Waals surface area contributed by atoms with Gasteiger partial charge in [0.1, 0.15) is 0 Å². The van der Waals surface area contributed by atoms with E-state index in [-0.39, 0.29) is 0 Å². The second-order valence-corrected chi connectivity index (χ2v) is 5.94. The largest absolute Gasteiger partial charge is 0.310 e. The number of nitrogens with one attached hydrogen (secondary N) is 1. The fourth-order valence-electron chi connectivity index (χ4n) is 2.78. The average Bonchev–Trinajstić information content (AvgIpc) is 2.16. The van der Waals surface area contributed by atoms with Crippen LogP contribution in [0.25, 0.3) is 0 Å². The quantitative estimate of drug-likeness (QED) is 0.583. The highest BCUT2D eigenvalue weighted by molar-refractivity contribution is 5.04. The van der Waals surface area contributed by atoms with E-state index in [1.807, 2.05) is 0 Å². The number of hydrogen-bond donors (Lipinski definition) is 1. The summed E-state index contributed by atoms with van der Waals surface area (Å²) in [4.78, 5) is 0. The number of allylic oxidation sites excluding steroid dienone is 1. The molecule has 0 aromatic carbocycles. The van der Waals surface area contributed by atoms with E-state index < -0.39 is 0 Å². The van der Waals surface area contributed by atoms with Gasteiger partial charge in [0, 0.05) is 12.1 Å². The standard InChI is InChI=1S/C13H23N/c1-13(2,3)12-9-8-10-6-4-5-7-11(10)14-12/h4,6,10-12,14H,5,7-9H2,1-3H3. The molecular formula is C13H23N. The lowest BCUT2D eigenvalue weighted by Crippen LogP contribution is -2.52. The molecule has 1 fully saturated rings. The third-order valence-electron chi connectivity index (χ3n) is 3.79. The maximum Gasteiger partial charge on any atom is 0.0136 e. The van der Waals surface area contributed by atoms with Crippen molar-refractivity contribution in [2.75, 3.05) is 0 Å². The van der Waals surface area contributed by atoms with Crippen LogP contribution < -0.4 is 5.32 Å². The minimum absolute atomic E-state index is 0.423. The van der Waals surface area contributed by atoms with E-state index in [2.05, 4.69) is 38.2 Å². The lowest BCUT2D eigenvalue weighted by Gasteiger charge is -2.43. The van der Waals surface area contributed by atoms with E-state index in [0.717, 1.165) is 18.0 Å². The Morgan fingerprint density at radius 3 is 2.64 bits per heavy atom. The molecule has 0 saturated carbocycles. The van der Waals surface area contributed by atoms with Gasteiger partial charge in [-0.3, -0.25) is 0 Å². The highest BCUT2D eigenvalue weighted by atomic mass is 15.0. The van der Waals surface area contributed by atoms with Crippen LogP contribution in [0.2, 0.25) is 0 Å². The van der Waals surface area contributed by atoms with Gasteiger partial charge in [-0.1, -0.05) is 32.9 Å². The zero-order chi connectivity index (χ0) is 10.2. The van der Waals surface area contributed by atoms with Crippen LogP contribution in [-0.2, 0) is 0 Å². The molecular weight excluding hydrogens is 170 g/mol. The van der Waals surface area contributed by atoms with Crippen molar-refractivity contribution in [1.29, 1.82) is 0 Å². The lowest BCUT2D eigenvalue weighted by atomic mass is 9.75. The molecule has 1 nitrogen and oxygen atoms in total. The summed E-state index contributed by atoms with van der Waals surface area (Å²) in [5.41, 5.74) is 0.423. The monoisotopic (exact) mass is 193 g/mol. The summed E-state index contributed by atoms with van der Waals surface area (Å²) in [5, 5.41) is 3.84. The summed E-state index contributed by atoms with van der Waals surface area (Å²) in [6.45, 7) is 7.05. The molecule has 0 aromatic heterocycles. The van der Waals surface area contributed by atoms with Gasteiger partial charge in [-0.25, -0.2) is 0 Å². The van der Waals surface area contributed by atoms with Crippen LogP contribution in [0.3, 0.4) is 0 Å². The van der Waals surface area contributed by atoms with Crippen molar-refractivity contribution in [3.05, 3.63) is 12.2 Å². The second-order valence-electron chi connectivity index (χ2n) is 5.94. The topological polar surface area (TPSA) is 12.0 Å². The Hall–Kier alpha value is -0.300. The summed E-state index contributed by atoms with van der Waals surface area (Å²) in [7, 11) is 0. The molecule has 1 aliphatic heterocycles. The fourth-order valence-corrected chi connectivity index (χ4v) is 2.78. The van der Waals surface area contributed by atoms with Gasteiger partial charge < -0.3 is 5.32 Å². The predicted octanol–water partition coefficient (Wildman–Crippen LogP) is 3.12. The molecule has 0 bridgehead atoms. The van der Waals surface area contributed by atoms with E-state index in [0.29, 0.717) is 5.41 Å². The normalized spacial score (nSPS) is 38.1. The van der Waals surface area contributed by atoms with Crippen LogP contribution in [0.5, 0.6) is 0 Å². The molecule has 2 aliphatic rings. The number of hydrogen-bond acceptors (Lipinski definition) is 1. The van der Waals surface area contributed by atoms with Gasteiger partial charge in [0.05, 0.1) is 0 Å². The van der Waals surface area contributed by atoms with Gasteiger partial charge in [-0.2, -0.15) is 0 Å². The maximum absolute atomic E-state index is 3.84. The summed E-state index contributed by atoms with van der Waals surface area (Å²) in [6.07, 6.45) is 10.1. The Kier molecular flexibility index (Phi) is 2.70. The highest BCUT2D eigenvalue weighted by Crippen LogP contribution is 2.33. The molecule has 0 spiro atoms. The lowest BCUT2D eigenvalue weighted by molar-refractivity contribution is 0.158. The molecule has 3 atom stereocenters. The van der Waals surface area contributed by atoms with Gasteiger partial charge in [-0.05, 0) is 37.0 Å². The molecule has 80 valence electrons. The number of rotatable bonds is 0. The Bertz CT molecular complexity index is 224. The third-order valence-corrected chi connectivity index (χ3v) is 3.79. The van der Waals surface area contributed by atoms with Gasteiger partial charge in [0.25, 0.3) is 0 Å². The molecule has 2 rings (SSSR count). The zero-order valence-corrected chi connectivity index (χ0v) is 9.72. The number of piperidine rings is 1. The van der Waals surface area contributed by atoms with Crippen LogP contribution in [-0.4, -0.2) is 12.1 Å². The van der Waals surface area contributed by atoms with Crippen molar-refractivity contribution >= 4 is 0 Å². The van der Waals surface area contributed by atoms with E-state index >= 15 is 0 Å². The van der Waals surface area contributed by atoms with Crippen molar-refractivity contribution in [3.63, 3.8) is 0 Å². The van der Waals surface area contributed by atoms with Gasteiger partial charge in [0.15, 0.2) is 0 Å². The van der Waals surface area contributed by atoms with Crippen LogP contribution in [0.4, 0.5) is 0 Å². The molecule has 1 heterocycles. The fraction of sp³-hybridized carbons (Fsp3) is 0.846. The Morgan fingerprint density at radius 2 is 1.93 bits per heavy atom. The minimum Gasteiger partial charge on any atom is -0.310 e. The van der Waals surface area contributed by atoms with Crippen LogP contribution in [0.15, 0.2) is 12.2 Å². The van der Waals surface area contributed by atoms with Crippen molar-refractivity contribution in [2.24, 2.45) is 11.3 Å². The number of fused-ring (bicyclic) bond motifs is 1. The smallest absolute Gasteiger partial charge is 0.0136 e. The van der Waals surface area contributed by atoms with E-state index in [9.17, 15) is 0 Å². The molecule has 0 radical (unpaired) electrons. The van der Waals surface area contributed by atoms with Gasteiger partial charge in [0.2, 0.25) is 0 Å². The van der Waals surface area contributed by atoms with Crippen molar-refractivity contribution < 1.29 is 0 Å². The molecule has 0 amide bonds. The van der Waals surface area contributed by atoms with Gasteiger partial charge >= 0.3 is 0 Å². The Labute approximate surface area is 88.0 Å². The minimum atomic E-state index is 0.423. The molecule has 1 aliphatic carbocycles. The van der Waals surface area contributed by atoms with E-state index in [4.69, 9.17) is 0 Å². The molecule has 1 heteroatoms. The summed E-state index contributed by atoms with van der Waals surface area (Å²) in [5.74, 6) is 0.822. The van der Waals surface area contributed by atoms with Crippen LogP contribution in [0, 0.1) is 11.3 Å². The molecule has 1 N–H and O–H groups in total. The highest BCUT2D eigenvalue weighted by Gasteiger charge is 2.34. The first kappa shape index (κ1) is 10.2. The summed E-state index contributed by atoms with van der Waals surface area (Å²) >= 11 is 0. The zero-order valence-electron chi connectivity index (χ0n) is 9.72. The predicted molar refractivity (Wildman–Crippen MR) is 61.3 cm³/mol. The molecule has 0 aromatic rings. The van der Waals surface area contributed by atoms with Crippen molar-refractivity contribution in [1.82, 2.24) is 5.32 Å². The maximum atomic E-state index is 3.84. The van der Waals surface area contributed by atoms with Crippen LogP contribution in [0.1, 0.15) is 46.5 Å². The third kappa shape index (κ3) is 2.03. The first-order valence-corrected chi connectivity index (χ1v) is 6.00. The average molecular weight is 193 g/mol. The first-order chi connectivity index (χ1) is 6.57. The summed E-state index contributed by atoms with van der Waals surface area (Å²) in [6, 6.07) is 1.48. The van der Waals surface area contributed by atoms with Gasteiger partial charge in [-0.15, -0.1) is 0 Å². The summed E-state index contributed by atoms with van der Waals surface area (Å²) < 4.78 is 0. The molecule has 3 unspecified atom stereocenters. The SMILES string of the molecule is CC(C)(C)C1CCC2C=CCCC2N1. The molecule has 1 saturated heterocycles. The second kappa shape index (κ2) is 3.69. The Balaban J connectivity index is 2.01. The molecule has 14 heavy (non-hydrogen) atoms. The first-order valence-electron chi connectivity index (χ1n) is 6.00. The Morgan fingerprint density at radius 1 is 1.14 bits per heavy atom. The van der Waals surface area contributed by atoms with Crippen molar-refractivity contribution in [3.8, 4) is 0 Å². The van der Waals surface area contributed by atoms with Crippen molar-refractivity contribution in [2.45, 2.75) is 58.5 Å². The van der Waals surface area contributed by atoms with Crippen LogP contribution >= 0.6 is 0 Å².